The molecule has 1 aromatic rings. The van der Waals surface area contributed by atoms with Crippen LogP contribution in [0, 0.1) is 6.92 Å². The molecule has 0 aliphatic carbocycles. The van der Waals surface area contributed by atoms with Crippen LogP contribution in [0.15, 0.2) is 12.7 Å². The van der Waals surface area contributed by atoms with Crippen LogP contribution in [0.3, 0.4) is 0 Å². The fourth-order valence-corrected chi connectivity index (χ4v) is 0.977. The van der Waals surface area contributed by atoms with E-state index < -0.39 is 0 Å². The molecule has 1 N–H and O–H groups in total. The van der Waals surface area contributed by atoms with Gasteiger partial charge in [-0.3, -0.25) is 0 Å². The first-order chi connectivity index (χ1) is 7.27. The van der Waals surface area contributed by atoms with E-state index in [9.17, 15) is 0 Å². The first-order valence-electron chi connectivity index (χ1n) is 5.59. The van der Waals surface area contributed by atoms with E-state index in [4.69, 9.17) is 0 Å². The highest BCUT2D eigenvalue weighted by Gasteiger charge is 1.99. The minimum atomic E-state index is 0.917. The zero-order valence-corrected chi connectivity index (χ0v) is 10.9. The van der Waals surface area contributed by atoms with Crippen LogP contribution in [-0.2, 0) is 0 Å². The maximum Gasteiger partial charge on any atom is 0.104 e. The van der Waals surface area contributed by atoms with Gasteiger partial charge in [0.15, 0.2) is 0 Å². The van der Waals surface area contributed by atoms with Crippen molar-refractivity contribution in [1.29, 1.82) is 0 Å². The van der Waals surface area contributed by atoms with Gasteiger partial charge in [-0.05, 0) is 26.0 Å². The summed E-state index contributed by atoms with van der Waals surface area (Å²) < 4.78 is 0. The van der Waals surface area contributed by atoms with E-state index in [0.29, 0.717) is 0 Å². The predicted molar refractivity (Wildman–Crippen MR) is 70.8 cm³/mol. The summed E-state index contributed by atoms with van der Waals surface area (Å²) in [5, 5.41) is 0. The van der Waals surface area contributed by atoms with Gasteiger partial charge in [0.05, 0.1) is 11.4 Å². The van der Waals surface area contributed by atoms with E-state index >= 15 is 0 Å². The topological polar surface area (TPSA) is 28.7 Å². The highest BCUT2D eigenvalue weighted by Crippen LogP contribution is 2.08. The van der Waals surface area contributed by atoms with Gasteiger partial charge in [-0.1, -0.05) is 40.3 Å². The van der Waals surface area contributed by atoms with Crippen molar-refractivity contribution in [2.24, 2.45) is 0 Å². The second kappa shape index (κ2) is 10.8. The number of hydrogen-bond donors (Lipinski definition) is 1. The summed E-state index contributed by atoms with van der Waals surface area (Å²) in [6, 6.07) is 0. The van der Waals surface area contributed by atoms with Crippen LogP contribution in [0.4, 0.5) is 0 Å². The molecule has 2 nitrogen and oxygen atoms in total. The molecule has 0 aliphatic heterocycles. The predicted octanol–water partition coefficient (Wildman–Crippen LogP) is 4.45. The van der Waals surface area contributed by atoms with E-state index in [-0.39, 0.29) is 0 Å². The molecule has 0 aromatic carbocycles. The van der Waals surface area contributed by atoms with Crippen molar-refractivity contribution in [2.45, 2.75) is 41.5 Å². The Morgan fingerprint density at radius 3 is 2.13 bits per heavy atom. The number of hydrogen-bond acceptors (Lipinski definition) is 1. The number of allylic oxidation sites excluding steroid dienone is 1. The van der Waals surface area contributed by atoms with E-state index in [2.05, 4.69) is 16.5 Å². The molecule has 2 heteroatoms. The standard InChI is InChI=1S/C9H12N2.2C2H6/c1-4-6-9-8(5-2)10-7(3)11-9;2*1-2/h4-6H,2H2,1,3H3,(H,10,11);2*1-2H3/b6-4-;;. The summed E-state index contributed by atoms with van der Waals surface area (Å²) in [5.41, 5.74) is 1.95. The largest absolute Gasteiger partial charge is 0.342 e. The van der Waals surface area contributed by atoms with Crippen molar-refractivity contribution in [2.75, 3.05) is 0 Å². The highest BCUT2D eigenvalue weighted by molar-refractivity contribution is 5.58. The smallest absolute Gasteiger partial charge is 0.104 e. The number of imidazole rings is 1. The lowest BCUT2D eigenvalue weighted by molar-refractivity contribution is 1.14. The molecule has 0 atom stereocenters. The number of aromatic nitrogens is 2. The quantitative estimate of drug-likeness (QED) is 0.764. The lowest BCUT2D eigenvalue weighted by Crippen LogP contribution is -1.74. The summed E-state index contributed by atoms with van der Waals surface area (Å²) in [7, 11) is 0. The monoisotopic (exact) mass is 208 g/mol. The van der Waals surface area contributed by atoms with Crippen LogP contribution in [0.1, 0.15) is 51.8 Å². The molecule has 1 rings (SSSR count). The number of aromatic amines is 1. The molecule has 0 saturated heterocycles. The van der Waals surface area contributed by atoms with Gasteiger partial charge in [0.2, 0.25) is 0 Å². The van der Waals surface area contributed by atoms with Crippen LogP contribution >= 0.6 is 0 Å². The fourth-order valence-electron chi connectivity index (χ4n) is 0.977. The molecular formula is C13H24N2. The Balaban J connectivity index is 0. The normalized spacial score (nSPS) is 8.67. The van der Waals surface area contributed by atoms with Gasteiger partial charge in [-0.25, -0.2) is 4.98 Å². The van der Waals surface area contributed by atoms with Gasteiger partial charge in [0, 0.05) is 0 Å². The molecule has 0 amide bonds. The van der Waals surface area contributed by atoms with Gasteiger partial charge in [0.25, 0.3) is 0 Å². The van der Waals surface area contributed by atoms with Crippen LogP contribution in [0.25, 0.3) is 12.2 Å². The summed E-state index contributed by atoms with van der Waals surface area (Å²) in [5.74, 6) is 0.924. The SMILES string of the molecule is C=Cc1nc(C)[nH]c1/C=C\C.CC.CC. The van der Waals surface area contributed by atoms with Crippen LogP contribution in [0.2, 0.25) is 0 Å². The molecule has 0 bridgehead atoms. The van der Waals surface area contributed by atoms with Gasteiger partial charge in [0.1, 0.15) is 5.82 Å². The lowest BCUT2D eigenvalue weighted by Gasteiger charge is -1.85. The zero-order chi connectivity index (χ0) is 12.3. The second-order valence-electron chi connectivity index (χ2n) is 2.33. The van der Waals surface area contributed by atoms with Crippen LogP contribution in [0.5, 0.6) is 0 Å². The van der Waals surface area contributed by atoms with Gasteiger partial charge in [-0.15, -0.1) is 0 Å². The maximum atomic E-state index is 4.22. The average molecular weight is 208 g/mol. The molecule has 0 unspecified atom stereocenters. The molecule has 0 aliphatic rings. The van der Waals surface area contributed by atoms with Crippen LogP contribution < -0.4 is 0 Å². The minimum Gasteiger partial charge on any atom is -0.342 e. The van der Waals surface area contributed by atoms with Crippen molar-refractivity contribution < 1.29 is 0 Å². The maximum absolute atomic E-state index is 4.22. The van der Waals surface area contributed by atoms with Gasteiger partial charge >= 0.3 is 0 Å². The second-order valence-corrected chi connectivity index (χ2v) is 2.33. The average Bonchev–Trinajstić information content (AvgIpc) is 2.65. The van der Waals surface area contributed by atoms with Crippen LogP contribution in [-0.4, -0.2) is 9.97 Å². The number of aryl methyl sites for hydroxylation is 1. The summed E-state index contributed by atoms with van der Waals surface area (Å²) >= 11 is 0. The summed E-state index contributed by atoms with van der Waals surface area (Å²) in [6.07, 6.45) is 5.70. The Labute approximate surface area is 94.1 Å². The lowest BCUT2D eigenvalue weighted by atomic mass is 10.3. The molecule has 86 valence electrons. The summed E-state index contributed by atoms with van der Waals surface area (Å²) in [6.45, 7) is 15.6. The highest BCUT2D eigenvalue weighted by atomic mass is 14.9. The Hall–Kier alpha value is -1.31. The third kappa shape index (κ3) is 5.89. The number of H-pyrrole nitrogens is 1. The Kier molecular flexibility index (Phi) is 11.6. The van der Waals surface area contributed by atoms with Crippen molar-refractivity contribution >= 4 is 12.2 Å². The molecule has 0 fully saturated rings. The van der Waals surface area contributed by atoms with Crippen molar-refractivity contribution in [3.05, 3.63) is 29.9 Å². The minimum absolute atomic E-state index is 0.917. The van der Waals surface area contributed by atoms with E-state index in [0.717, 1.165) is 17.2 Å². The molecule has 0 saturated carbocycles. The van der Waals surface area contributed by atoms with Crippen molar-refractivity contribution in [1.82, 2.24) is 9.97 Å². The number of nitrogens with zero attached hydrogens (tertiary/aromatic N) is 1. The summed E-state index contributed by atoms with van der Waals surface area (Å²) in [4.78, 5) is 7.35. The molecule has 0 radical (unpaired) electrons. The van der Waals surface area contributed by atoms with Crippen molar-refractivity contribution in [3.63, 3.8) is 0 Å². The van der Waals surface area contributed by atoms with E-state index in [1.165, 1.54) is 0 Å². The van der Waals surface area contributed by atoms with Crippen molar-refractivity contribution in [3.8, 4) is 0 Å². The molecular weight excluding hydrogens is 184 g/mol. The Bertz CT molecular complexity index is 283. The zero-order valence-electron chi connectivity index (χ0n) is 10.9. The number of nitrogens with one attached hydrogen (secondary N) is 1. The van der Waals surface area contributed by atoms with Gasteiger partial charge < -0.3 is 4.98 Å². The third-order valence-electron chi connectivity index (χ3n) is 1.41. The molecule has 1 heterocycles. The first kappa shape index (κ1) is 16.1. The van der Waals surface area contributed by atoms with Gasteiger partial charge in [-0.2, -0.15) is 0 Å². The Morgan fingerprint density at radius 1 is 1.20 bits per heavy atom. The molecule has 1 aromatic heterocycles. The Morgan fingerprint density at radius 2 is 1.73 bits per heavy atom. The van der Waals surface area contributed by atoms with E-state index in [1.54, 1.807) is 6.08 Å². The fraction of sp³-hybridized carbons (Fsp3) is 0.462. The van der Waals surface area contributed by atoms with E-state index in [1.807, 2.05) is 53.7 Å². The molecule has 0 spiro atoms. The third-order valence-corrected chi connectivity index (χ3v) is 1.41. The number of rotatable bonds is 2. The first-order valence-corrected chi connectivity index (χ1v) is 5.59. The molecule has 15 heavy (non-hydrogen) atoms.